The Balaban J connectivity index is 1.24. The normalized spacial score (nSPS) is 13.8. The van der Waals surface area contributed by atoms with Gasteiger partial charge in [-0.1, -0.05) is 48.5 Å². The highest BCUT2D eigenvalue weighted by atomic mass is 16.5. The molecule has 5 nitrogen and oxygen atoms in total. The lowest BCUT2D eigenvalue weighted by atomic mass is 9.99. The van der Waals surface area contributed by atoms with E-state index in [4.69, 9.17) is 4.74 Å². The number of ether oxygens (including phenoxy) is 1. The van der Waals surface area contributed by atoms with Crippen LogP contribution in [0.3, 0.4) is 0 Å². The van der Waals surface area contributed by atoms with Crippen molar-refractivity contribution in [2.75, 3.05) is 13.1 Å². The summed E-state index contributed by atoms with van der Waals surface area (Å²) in [6.07, 6.45) is 6.93. The van der Waals surface area contributed by atoms with E-state index in [0.29, 0.717) is 31.0 Å². The molecule has 0 aliphatic carbocycles. The fourth-order valence-corrected chi connectivity index (χ4v) is 3.88. The minimum Gasteiger partial charge on any atom is -0.487 e. The fourth-order valence-electron chi connectivity index (χ4n) is 3.88. The maximum Gasteiger partial charge on any atom is 0.254 e. The first-order chi connectivity index (χ1) is 15.3. The molecule has 0 fully saturated rings. The summed E-state index contributed by atoms with van der Waals surface area (Å²) in [6, 6.07) is 23.6. The van der Waals surface area contributed by atoms with Gasteiger partial charge in [0, 0.05) is 31.0 Å². The number of benzene rings is 2. The summed E-state index contributed by atoms with van der Waals surface area (Å²) in [4.78, 5) is 19.4. The van der Waals surface area contributed by atoms with E-state index in [1.54, 1.807) is 0 Å². The van der Waals surface area contributed by atoms with Crippen LogP contribution >= 0.6 is 0 Å². The summed E-state index contributed by atoms with van der Waals surface area (Å²) in [5.74, 6) is 0.696. The molecular formula is C26H23N3O2. The van der Waals surface area contributed by atoms with E-state index in [-0.39, 0.29) is 5.91 Å². The number of amides is 1. The summed E-state index contributed by atoms with van der Waals surface area (Å²) in [5, 5.41) is 0. The van der Waals surface area contributed by atoms with Crippen molar-refractivity contribution in [1.29, 1.82) is 0 Å². The fraction of sp³-hybridized carbons (Fsp3) is 0.154. The molecule has 0 spiro atoms. The molecule has 2 aromatic carbocycles. The van der Waals surface area contributed by atoms with Gasteiger partial charge in [0.2, 0.25) is 0 Å². The lowest BCUT2D eigenvalue weighted by molar-refractivity contribution is 0.0772. The molecule has 0 atom stereocenters. The van der Waals surface area contributed by atoms with Gasteiger partial charge in [-0.3, -0.25) is 4.79 Å². The molecule has 1 aliphatic rings. The number of pyridine rings is 1. The van der Waals surface area contributed by atoms with Crippen LogP contribution in [-0.4, -0.2) is 33.3 Å². The van der Waals surface area contributed by atoms with E-state index in [2.05, 4.69) is 23.2 Å². The van der Waals surface area contributed by atoms with Crippen molar-refractivity contribution in [3.63, 3.8) is 0 Å². The second-order valence-corrected chi connectivity index (χ2v) is 7.61. The molecule has 0 bridgehead atoms. The van der Waals surface area contributed by atoms with Gasteiger partial charge in [-0.05, 0) is 47.9 Å². The van der Waals surface area contributed by atoms with Gasteiger partial charge in [-0.2, -0.15) is 0 Å². The van der Waals surface area contributed by atoms with Gasteiger partial charge in [0.05, 0.1) is 5.69 Å². The number of carbonyl (C=O) groups excluding carboxylic acids is 1. The minimum atomic E-state index is 0.0292. The molecular weight excluding hydrogens is 386 g/mol. The van der Waals surface area contributed by atoms with E-state index in [0.717, 1.165) is 17.8 Å². The van der Waals surface area contributed by atoms with Crippen molar-refractivity contribution in [3.8, 4) is 5.75 Å². The minimum absolute atomic E-state index is 0.0292. The molecule has 0 radical (unpaired) electrons. The lowest BCUT2D eigenvalue weighted by Crippen LogP contribution is -2.34. The highest BCUT2D eigenvalue weighted by molar-refractivity contribution is 5.95. The standard InChI is InChI=1S/C26H23N3O2/c30-26(28-15-12-21(13-16-28)20-7-2-1-3-8-20)22-9-6-10-24(17-22)31-19-23-18-29-14-5-4-11-25(29)27-23/h1-12,14,17-18H,13,15-16,19H2. The van der Waals surface area contributed by atoms with Crippen LogP contribution in [0.4, 0.5) is 0 Å². The Bertz CT molecular complexity index is 1210. The first-order valence-electron chi connectivity index (χ1n) is 10.5. The summed E-state index contributed by atoms with van der Waals surface area (Å²) in [7, 11) is 0. The summed E-state index contributed by atoms with van der Waals surface area (Å²) >= 11 is 0. The number of aromatic nitrogens is 2. The number of fused-ring (bicyclic) bond motifs is 1. The molecule has 5 heteroatoms. The zero-order valence-corrected chi connectivity index (χ0v) is 17.1. The largest absolute Gasteiger partial charge is 0.487 e. The second kappa shape index (κ2) is 8.48. The Kier molecular flexibility index (Phi) is 5.23. The average molecular weight is 409 g/mol. The van der Waals surface area contributed by atoms with Gasteiger partial charge in [-0.25, -0.2) is 4.98 Å². The molecule has 31 heavy (non-hydrogen) atoms. The topological polar surface area (TPSA) is 46.8 Å². The van der Waals surface area contributed by atoms with E-state index in [1.165, 1.54) is 11.1 Å². The van der Waals surface area contributed by atoms with E-state index in [1.807, 2.05) is 82.4 Å². The second-order valence-electron chi connectivity index (χ2n) is 7.61. The lowest BCUT2D eigenvalue weighted by Gasteiger charge is -2.27. The zero-order chi connectivity index (χ0) is 21.0. The van der Waals surface area contributed by atoms with Gasteiger partial charge < -0.3 is 14.0 Å². The SMILES string of the molecule is O=C(c1cccc(OCc2cn3ccccc3n2)c1)N1CC=C(c2ccccc2)CC1. The van der Waals surface area contributed by atoms with E-state index >= 15 is 0 Å². The molecule has 2 aromatic heterocycles. The third-order valence-corrected chi connectivity index (χ3v) is 5.52. The first kappa shape index (κ1) is 19.1. The van der Waals surface area contributed by atoms with Crippen LogP contribution in [-0.2, 0) is 6.61 Å². The van der Waals surface area contributed by atoms with Crippen molar-refractivity contribution >= 4 is 17.1 Å². The van der Waals surface area contributed by atoms with Crippen molar-refractivity contribution in [2.45, 2.75) is 13.0 Å². The Hall–Kier alpha value is -3.86. The number of hydrogen-bond acceptors (Lipinski definition) is 3. The molecule has 154 valence electrons. The Morgan fingerprint density at radius 3 is 2.68 bits per heavy atom. The molecule has 4 aromatic rings. The molecule has 0 saturated heterocycles. The van der Waals surface area contributed by atoms with Gasteiger partial charge in [0.25, 0.3) is 5.91 Å². The van der Waals surface area contributed by atoms with Gasteiger partial charge >= 0.3 is 0 Å². The third kappa shape index (κ3) is 4.21. The smallest absolute Gasteiger partial charge is 0.254 e. The maximum atomic E-state index is 13.0. The predicted octanol–water partition coefficient (Wildman–Crippen LogP) is 4.84. The van der Waals surface area contributed by atoms with Crippen molar-refractivity contribution in [3.05, 3.63) is 108 Å². The first-order valence-corrected chi connectivity index (χ1v) is 10.5. The van der Waals surface area contributed by atoms with Gasteiger partial charge in [0.15, 0.2) is 0 Å². The van der Waals surface area contributed by atoms with E-state index < -0.39 is 0 Å². The van der Waals surface area contributed by atoms with Crippen LogP contribution in [0.5, 0.6) is 5.75 Å². The highest BCUT2D eigenvalue weighted by Crippen LogP contribution is 2.24. The van der Waals surface area contributed by atoms with E-state index in [9.17, 15) is 4.79 Å². The van der Waals surface area contributed by atoms with Crippen LogP contribution in [0.2, 0.25) is 0 Å². The summed E-state index contributed by atoms with van der Waals surface area (Å²) in [5.41, 5.74) is 4.91. The monoisotopic (exact) mass is 409 g/mol. The van der Waals surface area contributed by atoms with Gasteiger partial charge in [0.1, 0.15) is 18.0 Å². The van der Waals surface area contributed by atoms with Gasteiger partial charge in [-0.15, -0.1) is 0 Å². The molecule has 1 aliphatic heterocycles. The van der Waals surface area contributed by atoms with Crippen molar-refractivity contribution < 1.29 is 9.53 Å². The number of imidazole rings is 1. The Morgan fingerprint density at radius 2 is 1.87 bits per heavy atom. The zero-order valence-electron chi connectivity index (χ0n) is 17.1. The van der Waals surface area contributed by atoms with Crippen LogP contribution in [0.1, 0.15) is 28.0 Å². The molecule has 1 amide bonds. The summed E-state index contributed by atoms with van der Waals surface area (Å²) < 4.78 is 7.88. The Morgan fingerprint density at radius 1 is 1.00 bits per heavy atom. The number of rotatable bonds is 5. The maximum absolute atomic E-state index is 13.0. The summed E-state index contributed by atoms with van der Waals surface area (Å²) in [6.45, 7) is 1.69. The predicted molar refractivity (Wildman–Crippen MR) is 121 cm³/mol. The van der Waals surface area contributed by atoms with Crippen molar-refractivity contribution in [1.82, 2.24) is 14.3 Å². The number of nitrogens with zero attached hydrogens (tertiary/aromatic N) is 3. The quantitative estimate of drug-likeness (QED) is 0.474. The third-order valence-electron chi connectivity index (χ3n) is 5.52. The van der Waals surface area contributed by atoms with Crippen LogP contribution in [0.15, 0.2) is 91.3 Å². The van der Waals surface area contributed by atoms with Crippen LogP contribution < -0.4 is 4.74 Å². The molecule has 3 heterocycles. The molecule has 0 saturated carbocycles. The van der Waals surface area contributed by atoms with Crippen LogP contribution in [0.25, 0.3) is 11.2 Å². The molecule has 0 unspecified atom stereocenters. The number of carbonyl (C=O) groups is 1. The number of hydrogen-bond donors (Lipinski definition) is 0. The molecule has 0 N–H and O–H groups in total. The highest BCUT2D eigenvalue weighted by Gasteiger charge is 2.19. The molecule has 5 rings (SSSR count). The average Bonchev–Trinajstić information content (AvgIpc) is 3.26. The van der Waals surface area contributed by atoms with Crippen LogP contribution in [0, 0.1) is 0 Å². The Labute approximate surface area is 181 Å². The van der Waals surface area contributed by atoms with Crippen molar-refractivity contribution in [2.24, 2.45) is 0 Å².